The fourth-order valence-corrected chi connectivity index (χ4v) is 2.39. The minimum absolute atomic E-state index is 0.0192. The molecule has 2 atom stereocenters. The van der Waals surface area contributed by atoms with Gasteiger partial charge in [0.15, 0.2) is 0 Å². The van der Waals surface area contributed by atoms with Gasteiger partial charge in [-0.3, -0.25) is 0 Å². The molecular formula is C13H24N4O. The van der Waals surface area contributed by atoms with E-state index >= 15 is 0 Å². The Morgan fingerprint density at radius 2 is 2.44 bits per heavy atom. The highest BCUT2D eigenvalue weighted by Crippen LogP contribution is 2.10. The lowest BCUT2D eigenvalue weighted by Gasteiger charge is -2.33. The van der Waals surface area contributed by atoms with E-state index in [1.165, 1.54) is 0 Å². The van der Waals surface area contributed by atoms with Crippen LogP contribution in [0.25, 0.3) is 0 Å². The van der Waals surface area contributed by atoms with Crippen LogP contribution in [0.4, 0.5) is 0 Å². The molecule has 2 N–H and O–H groups in total. The number of morpholine rings is 1. The van der Waals surface area contributed by atoms with Crippen molar-refractivity contribution in [1.29, 1.82) is 0 Å². The van der Waals surface area contributed by atoms with Crippen molar-refractivity contribution in [2.45, 2.75) is 38.5 Å². The van der Waals surface area contributed by atoms with Crippen LogP contribution < -0.4 is 5.73 Å². The quantitative estimate of drug-likeness (QED) is 0.829. The summed E-state index contributed by atoms with van der Waals surface area (Å²) in [7, 11) is 2.11. The molecule has 102 valence electrons. The van der Waals surface area contributed by atoms with E-state index in [2.05, 4.69) is 28.4 Å². The predicted molar refractivity (Wildman–Crippen MR) is 71.4 cm³/mol. The van der Waals surface area contributed by atoms with Gasteiger partial charge in [-0.05, 0) is 13.5 Å². The van der Waals surface area contributed by atoms with Crippen LogP contribution >= 0.6 is 0 Å². The van der Waals surface area contributed by atoms with Gasteiger partial charge in [0.2, 0.25) is 0 Å². The predicted octanol–water partition coefficient (Wildman–Crippen LogP) is 0.494. The molecule has 0 saturated carbocycles. The van der Waals surface area contributed by atoms with Crippen LogP contribution in [0, 0.1) is 0 Å². The Hall–Kier alpha value is -0.910. The van der Waals surface area contributed by atoms with Crippen molar-refractivity contribution in [3.63, 3.8) is 0 Å². The van der Waals surface area contributed by atoms with Crippen LogP contribution in [0.1, 0.15) is 19.2 Å². The van der Waals surface area contributed by atoms with Gasteiger partial charge in [0.1, 0.15) is 5.82 Å². The number of hydrogen-bond acceptors (Lipinski definition) is 4. The first-order chi connectivity index (χ1) is 8.70. The lowest BCUT2D eigenvalue weighted by molar-refractivity contribution is -0.0322. The van der Waals surface area contributed by atoms with E-state index in [4.69, 9.17) is 10.5 Å². The van der Waals surface area contributed by atoms with Crippen molar-refractivity contribution in [3.05, 3.63) is 18.2 Å². The summed E-state index contributed by atoms with van der Waals surface area (Å²) in [6.07, 6.45) is 5.90. The average Bonchev–Trinajstić information content (AvgIpc) is 2.77. The first kappa shape index (κ1) is 13.5. The van der Waals surface area contributed by atoms with E-state index in [-0.39, 0.29) is 12.1 Å². The van der Waals surface area contributed by atoms with E-state index in [0.29, 0.717) is 0 Å². The van der Waals surface area contributed by atoms with E-state index in [0.717, 1.165) is 44.9 Å². The van der Waals surface area contributed by atoms with Gasteiger partial charge in [-0.2, -0.15) is 0 Å². The summed E-state index contributed by atoms with van der Waals surface area (Å²) in [5.41, 5.74) is 6.26. The second-order valence-corrected chi connectivity index (χ2v) is 5.08. The Balaban J connectivity index is 1.93. The molecule has 5 heteroatoms. The molecule has 18 heavy (non-hydrogen) atoms. The smallest absolute Gasteiger partial charge is 0.110 e. The van der Waals surface area contributed by atoms with Crippen molar-refractivity contribution >= 4 is 0 Å². The summed E-state index contributed by atoms with van der Waals surface area (Å²) in [6.45, 7) is 5.86. The molecule has 2 heterocycles. The van der Waals surface area contributed by atoms with Crippen molar-refractivity contribution in [2.24, 2.45) is 5.73 Å². The molecule has 1 fully saturated rings. The van der Waals surface area contributed by atoms with Gasteiger partial charge in [0.05, 0.1) is 12.7 Å². The summed E-state index contributed by atoms with van der Waals surface area (Å²) in [6, 6.07) is 0.0192. The normalized spacial score (nSPS) is 23.2. The summed E-state index contributed by atoms with van der Waals surface area (Å²) < 4.78 is 7.94. The van der Waals surface area contributed by atoms with Gasteiger partial charge >= 0.3 is 0 Å². The summed E-state index contributed by atoms with van der Waals surface area (Å²) >= 11 is 0. The monoisotopic (exact) mass is 252 g/mol. The SMILES string of the molecule is CCCn1ccnc1CC(N)C1CN(C)CCO1. The number of rotatable bonds is 5. The van der Waals surface area contributed by atoms with Crippen molar-refractivity contribution in [1.82, 2.24) is 14.5 Å². The molecule has 0 spiro atoms. The van der Waals surface area contributed by atoms with Crippen molar-refractivity contribution in [3.8, 4) is 0 Å². The fourth-order valence-electron chi connectivity index (χ4n) is 2.39. The zero-order valence-corrected chi connectivity index (χ0v) is 11.4. The summed E-state index contributed by atoms with van der Waals surface area (Å²) in [5.74, 6) is 1.07. The molecule has 0 aromatic carbocycles. The number of hydrogen-bond donors (Lipinski definition) is 1. The molecule has 0 aliphatic carbocycles. The topological polar surface area (TPSA) is 56.3 Å². The van der Waals surface area contributed by atoms with Crippen LogP contribution in [-0.2, 0) is 17.7 Å². The van der Waals surface area contributed by atoms with Gasteiger partial charge in [0.25, 0.3) is 0 Å². The van der Waals surface area contributed by atoms with Gasteiger partial charge in [-0.1, -0.05) is 6.92 Å². The molecule has 2 unspecified atom stereocenters. The van der Waals surface area contributed by atoms with Gasteiger partial charge in [-0.25, -0.2) is 4.98 Å². The minimum atomic E-state index is 0.0192. The number of nitrogens with two attached hydrogens (primary N) is 1. The Labute approximate surface area is 109 Å². The zero-order chi connectivity index (χ0) is 13.0. The lowest BCUT2D eigenvalue weighted by Crippen LogP contribution is -2.50. The van der Waals surface area contributed by atoms with Gasteiger partial charge < -0.3 is 19.9 Å². The minimum Gasteiger partial charge on any atom is -0.374 e. The van der Waals surface area contributed by atoms with Crippen LogP contribution in [-0.4, -0.2) is 53.3 Å². The molecule has 1 aromatic heterocycles. The van der Waals surface area contributed by atoms with E-state index in [1.54, 1.807) is 0 Å². The number of aryl methyl sites for hydroxylation is 1. The van der Waals surface area contributed by atoms with Crippen molar-refractivity contribution in [2.75, 3.05) is 26.7 Å². The highest BCUT2D eigenvalue weighted by atomic mass is 16.5. The summed E-state index contributed by atoms with van der Waals surface area (Å²) in [4.78, 5) is 6.67. The average molecular weight is 252 g/mol. The van der Waals surface area contributed by atoms with E-state index in [1.807, 2.05) is 12.4 Å². The Kier molecular flexibility index (Phi) is 4.74. The maximum atomic E-state index is 6.26. The van der Waals surface area contributed by atoms with Gasteiger partial charge in [0, 0.05) is 44.5 Å². The third-order valence-electron chi connectivity index (χ3n) is 3.46. The van der Waals surface area contributed by atoms with Gasteiger partial charge in [-0.15, -0.1) is 0 Å². The van der Waals surface area contributed by atoms with Crippen LogP contribution in [0.15, 0.2) is 12.4 Å². The number of nitrogens with zero attached hydrogens (tertiary/aromatic N) is 3. The largest absolute Gasteiger partial charge is 0.374 e. The molecule has 0 radical (unpaired) electrons. The first-order valence-corrected chi connectivity index (χ1v) is 6.76. The van der Waals surface area contributed by atoms with E-state index < -0.39 is 0 Å². The summed E-state index contributed by atoms with van der Waals surface area (Å²) in [5, 5.41) is 0. The molecule has 1 aliphatic heterocycles. The number of aromatic nitrogens is 2. The fraction of sp³-hybridized carbons (Fsp3) is 0.769. The molecule has 2 rings (SSSR count). The maximum absolute atomic E-state index is 6.26. The van der Waals surface area contributed by atoms with Crippen LogP contribution in [0.5, 0.6) is 0 Å². The van der Waals surface area contributed by atoms with Crippen LogP contribution in [0.2, 0.25) is 0 Å². The Morgan fingerprint density at radius 3 is 3.17 bits per heavy atom. The van der Waals surface area contributed by atoms with Crippen LogP contribution in [0.3, 0.4) is 0 Å². The molecule has 1 saturated heterocycles. The third kappa shape index (κ3) is 3.31. The van der Waals surface area contributed by atoms with Crippen molar-refractivity contribution < 1.29 is 4.74 Å². The molecule has 0 amide bonds. The Morgan fingerprint density at radius 1 is 1.61 bits per heavy atom. The number of ether oxygens (including phenoxy) is 1. The molecule has 0 bridgehead atoms. The zero-order valence-electron chi connectivity index (χ0n) is 11.4. The number of likely N-dealkylation sites (N-methyl/N-ethyl adjacent to an activating group) is 1. The number of imidazole rings is 1. The molecule has 5 nitrogen and oxygen atoms in total. The molecular weight excluding hydrogens is 228 g/mol. The maximum Gasteiger partial charge on any atom is 0.110 e. The highest BCUT2D eigenvalue weighted by Gasteiger charge is 2.25. The standard InChI is InChI=1S/C13H24N4O/c1-3-5-17-6-4-15-13(17)9-11(14)12-10-16(2)7-8-18-12/h4,6,11-12H,3,5,7-10,14H2,1-2H3. The first-order valence-electron chi connectivity index (χ1n) is 6.76. The molecule has 1 aromatic rings. The Bertz CT molecular complexity index is 366. The third-order valence-corrected chi connectivity index (χ3v) is 3.46. The second-order valence-electron chi connectivity index (χ2n) is 5.08. The molecule has 1 aliphatic rings. The highest BCUT2D eigenvalue weighted by molar-refractivity contribution is 4.97. The lowest BCUT2D eigenvalue weighted by atomic mass is 10.1. The van der Waals surface area contributed by atoms with E-state index in [9.17, 15) is 0 Å². The second kappa shape index (κ2) is 6.31.